The number of imide groups is 1. The Bertz CT molecular complexity index is 888. The third-order valence-corrected chi connectivity index (χ3v) is 4.43. The van der Waals surface area contributed by atoms with Crippen LogP contribution >= 0.6 is 11.6 Å². The Kier molecular flexibility index (Phi) is 6.90. The minimum absolute atomic E-state index is 0.0364. The van der Waals surface area contributed by atoms with Crippen LogP contribution in [0.1, 0.15) is 63.9 Å². The summed E-state index contributed by atoms with van der Waals surface area (Å²) >= 11 is 6.27. The molecule has 0 aromatic heterocycles. The molecule has 0 saturated carbocycles. The number of carbonyl (C=O) groups is 4. The molecule has 1 heterocycles. The van der Waals surface area contributed by atoms with E-state index >= 15 is 0 Å². The van der Waals surface area contributed by atoms with Gasteiger partial charge in [-0.2, -0.15) is 4.90 Å². The van der Waals surface area contributed by atoms with Gasteiger partial charge in [-0.1, -0.05) is 11.6 Å². The van der Waals surface area contributed by atoms with Gasteiger partial charge in [0.15, 0.2) is 0 Å². The van der Waals surface area contributed by atoms with Crippen LogP contribution < -0.4 is 4.90 Å². The van der Waals surface area contributed by atoms with E-state index in [4.69, 9.17) is 26.2 Å². The van der Waals surface area contributed by atoms with Gasteiger partial charge in [-0.05, 0) is 53.7 Å². The predicted molar refractivity (Wildman–Crippen MR) is 113 cm³/mol. The molecule has 0 aliphatic carbocycles. The maximum absolute atomic E-state index is 13.0. The number of carboxylic acids is 1. The largest absolute Gasteiger partial charge is 0.481 e. The number of hydrogen-bond acceptors (Lipinski definition) is 6. The second-order valence-electron chi connectivity index (χ2n) is 9.09. The Hall–Kier alpha value is -2.81. The van der Waals surface area contributed by atoms with Crippen molar-refractivity contribution in [2.75, 3.05) is 11.4 Å². The highest BCUT2D eigenvalue weighted by molar-refractivity contribution is 6.32. The summed E-state index contributed by atoms with van der Waals surface area (Å²) in [5.74, 6) is -1.59. The summed E-state index contributed by atoms with van der Waals surface area (Å²) in [6, 6.07) is 2.83. The lowest BCUT2D eigenvalue weighted by Gasteiger charge is -2.29. The van der Waals surface area contributed by atoms with E-state index < -0.39 is 35.3 Å². The lowest BCUT2D eigenvalue weighted by Crippen LogP contribution is -2.44. The topological polar surface area (TPSA) is 113 Å². The Morgan fingerprint density at radius 2 is 1.58 bits per heavy atom. The second kappa shape index (κ2) is 8.74. The van der Waals surface area contributed by atoms with Gasteiger partial charge in [0.1, 0.15) is 11.2 Å². The number of rotatable bonds is 4. The summed E-state index contributed by atoms with van der Waals surface area (Å²) in [6.07, 6.45) is -2.28. The molecule has 0 bridgehead atoms. The van der Waals surface area contributed by atoms with Gasteiger partial charge in [0, 0.05) is 23.7 Å². The average molecular weight is 455 g/mol. The molecule has 0 fully saturated rings. The van der Waals surface area contributed by atoms with Gasteiger partial charge in [-0.15, -0.1) is 0 Å². The van der Waals surface area contributed by atoms with Crippen molar-refractivity contribution in [3.8, 4) is 0 Å². The number of amides is 3. The third kappa shape index (κ3) is 6.10. The van der Waals surface area contributed by atoms with Crippen molar-refractivity contribution in [1.29, 1.82) is 0 Å². The smallest absolute Gasteiger partial charge is 0.424 e. The summed E-state index contributed by atoms with van der Waals surface area (Å²) in [4.78, 5) is 51.8. The van der Waals surface area contributed by atoms with E-state index in [0.29, 0.717) is 10.5 Å². The number of fused-ring (bicyclic) bond motifs is 1. The van der Waals surface area contributed by atoms with Gasteiger partial charge in [-0.25, -0.2) is 9.59 Å². The first-order valence-electron chi connectivity index (χ1n) is 9.69. The number of benzene rings is 1. The van der Waals surface area contributed by atoms with Crippen LogP contribution in [-0.4, -0.2) is 51.8 Å². The van der Waals surface area contributed by atoms with Crippen LogP contribution in [0.5, 0.6) is 0 Å². The van der Waals surface area contributed by atoms with Gasteiger partial charge in [0.2, 0.25) is 0 Å². The van der Waals surface area contributed by atoms with Crippen molar-refractivity contribution in [3.63, 3.8) is 0 Å². The van der Waals surface area contributed by atoms with E-state index in [0.717, 1.165) is 0 Å². The summed E-state index contributed by atoms with van der Waals surface area (Å²) in [7, 11) is 0. The maximum atomic E-state index is 13.0. The number of carbonyl (C=O) groups excluding carboxylic acids is 3. The Labute approximate surface area is 185 Å². The Morgan fingerprint density at radius 3 is 2.03 bits per heavy atom. The molecular formula is C21H27ClN2O7. The Balaban J connectivity index is 2.55. The van der Waals surface area contributed by atoms with Crippen LogP contribution in [0.3, 0.4) is 0 Å². The van der Waals surface area contributed by atoms with E-state index in [1.165, 1.54) is 17.0 Å². The number of ether oxygens (including phenoxy) is 2. The highest BCUT2D eigenvalue weighted by Gasteiger charge is 2.39. The van der Waals surface area contributed by atoms with Gasteiger partial charge < -0.3 is 19.5 Å². The summed E-state index contributed by atoms with van der Waals surface area (Å²) in [6.45, 7) is 9.87. The number of aliphatic carboxylic acids is 1. The first-order valence-corrected chi connectivity index (χ1v) is 10.1. The zero-order chi connectivity index (χ0) is 23.7. The monoisotopic (exact) mass is 454 g/mol. The van der Waals surface area contributed by atoms with Crippen molar-refractivity contribution in [1.82, 2.24) is 4.90 Å². The van der Waals surface area contributed by atoms with Crippen LogP contribution in [-0.2, 0) is 20.8 Å². The summed E-state index contributed by atoms with van der Waals surface area (Å²) in [5.41, 5.74) is -1.43. The molecule has 1 N–H and O–H groups in total. The minimum atomic E-state index is -1.06. The van der Waals surface area contributed by atoms with Crippen LogP contribution in [0.2, 0.25) is 5.02 Å². The molecule has 170 valence electrons. The lowest BCUT2D eigenvalue weighted by atomic mass is 10.1. The number of carboxylic acid groups (broad SMARTS) is 1. The third-order valence-electron chi connectivity index (χ3n) is 4.07. The number of anilines is 1. The highest BCUT2D eigenvalue weighted by Crippen LogP contribution is 2.37. The predicted octanol–water partition coefficient (Wildman–Crippen LogP) is 4.45. The fourth-order valence-corrected chi connectivity index (χ4v) is 3.13. The number of nitrogens with zero attached hydrogens (tertiary/aromatic N) is 2. The first-order chi connectivity index (χ1) is 14.1. The minimum Gasteiger partial charge on any atom is -0.481 e. The SMILES string of the molecule is CC(C)(C)OC(=O)N(C(=O)OC(C)(C)C)c1ccc(Cl)c2c1C(=O)N(CCC(=O)O)C2. The number of hydrogen-bond donors (Lipinski definition) is 1. The molecule has 10 heteroatoms. The second-order valence-corrected chi connectivity index (χ2v) is 9.49. The molecule has 3 amide bonds. The Morgan fingerprint density at radius 1 is 1.06 bits per heavy atom. The van der Waals surface area contributed by atoms with Crippen molar-refractivity contribution < 1.29 is 33.8 Å². The maximum Gasteiger partial charge on any atom is 0.424 e. The van der Waals surface area contributed by atoms with Crippen LogP contribution in [0.15, 0.2) is 12.1 Å². The lowest BCUT2D eigenvalue weighted by molar-refractivity contribution is -0.137. The molecule has 1 aliphatic rings. The fourth-order valence-electron chi connectivity index (χ4n) is 2.91. The van der Waals surface area contributed by atoms with Gasteiger partial charge in [0.25, 0.3) is 5.91 Å². The molecule has 1 aliphatic heterocycles. The normalized spacial score (nSPS) is 13.6. The number of halogens is 1. The average Bonchev–Trinajstić information content (AvgIpc) is 2.90. The van der Waals surface area contributed by atoms with E-state index in [1.54, 1.807) is 41.5 Å². The molecule has 0 radical (unpaired) electrons. The highest BCUT2D eigenvalue weighted by atomic mass is 35.5. The van der Waals surface area contributed by atoms with Gasteiger partial charge in [0.05, 0.1) is 17.7 Å². The van der Waals surface area contributed by atoms with E-state index in [1.807, 2.05) is 0 Å². The zero-order valence-electron chi connectivity index (χ0n) is 18.4. The van der Waals surface area contributed by atoms with Crippen LogP contribution in [0, 0.1) is 0 Å². The molecule has 0 unspecified atom stereocenters. The van der Waals surface area contributed by atoms with Crippen molar-refractivity contribution in [2.45, 2.75) is 65.7 Å². The molecule has 31 heavy (non-hydrogen) atoms. The van der Waals surface area contributed by atoms with Gasteiger partial charge in [-0.3, -0.25) is 9.59 Å². The quantitative estimate of drug-likeness (QED) is 0.714. The summed E-state index contributed by atoms with van der Waals surface area (Å²) in [5, 5.41) is 9.20. The van der Waals surface area contributed by atoms with E-state index in [-0.39, 0.29) is 35.8 Å². The van der Waals surface area contributed by atoms with E-state index in [9.17, 15) is 19.2 Å². The van der Waals surface area contributed by atoms with Crippen molar-refractivity contribution in [2.24, 2.45) is 0 Å². The molecule has 0 saturated heterocycles. The molecule has 1 aromatic rings. The molecular weight excluding hydrogens is 428 g/mol. The van der Waals surface area contributed by atoms with Crippen LogP contribution in [0.25, 0.3) is 0 Å². The molecule has 1 aromatic carbocycles. The molecule has 2 rings (SSSR count). The molecule has 0 atom stereocenters. The van der Waals surface area contributed by atoms with Crippen molar-refractivity contribution in [3.05, 3.63) is 28.3 Å². The zero-order valence-corrected chi connectivity index (χ0v) is 19.2. The first kappa shape index (κ1) is 24.5. The molecule has 0 spiro atoms. The van der Waals surface area contributed by atoms with Crippen molar-refractivity contribution >= 4 is 41.4 Å². The molecule has 9 nitrogen and oxygen atoms in total. The van der Waals surface area contributed by atoms with Gasteiger partial charge >= 0.3 is 18.2 Å². The summed E-state index contributed by atoms with van der Waals surface area (Å²) < 4.78 is 10.7. The van der Waals surface area contributed by atoms with Crippen LogP contribution in [0.4, 0.5) is 15.3 Å². The fraction of sp³-hybridized carbons (Fsp3) is 0.524. The van der Waals surface area contributed by atoms with E-state index in [2.05, 4.69) is 0 Å². The standard InChI is InChI=1S/C21H27ClN2O7/c1-20(2,3)30-18(28)24(19(29)31-21(4,5)6)14-8-7-13(22)12-11-23(10-9-15(25)26)17(27)16(12)14/h7-8H,9-11H2,1-6H3,(H,25,26).